The van der Waals surface area contributed by atoms with Crippen molar-refractivity contribution >= 4 is 22.0 Å². The van der Waals surface area contributed by atoms with Crippen LogP contribution in [0.2, 0.25) is 0 Å². The fourth-order valence-electron chi connectivity index (χ4n) is 5.02. The van der Waals surface area contributed by atoms with Crippen LogP contribution in [0.15, 0.2) is 72.8 Å². The first-order valence-corrected chi connectivity index (χ1v) is 16.2. The topological polar surface area (TPSA) is 142 Å². The van der Waals surface area contributed by atoms with Gasteiger partial charge in [0.2, 0.25) is 10.0 Å². The summed E-state index contributed by atoms with van der Waals surface area (Å²) in [5, 5.41) is 20.0. The third kappa shape index (κ3) is 9.72. The Kier molecular flexibility index (Phi) is 11.0. The molecule has 11 heteroatoms. The van der Waals surface area contributed by atoms with Gasteiger partial charge in [0.05, 0.1) is 37.1 Å². The zero-order valence-electron chi connectivity index (χ0n) is 24.1. The van der Waals surface area contributed by atoms with E-state index in [0.29, 0.717) is 17.1 Å². The Bertz CT molecular complexity index is 1470. The number of aliphatic hydroxyl groups is 1. The minimum Gasteiger partial charge on any atom is -0.492 e. The Morgan fingerprint density at radius 2 is 1.60 bits per heavy atom. The second-order valence-corrected chi connectivity index (χ2v) is 12.4. The van der Waals surface area contributed by atoms with Crippen LogP contribution in [-0.4, -0.2) is 67.6 Å². The van der Waals surface area contributed by atoms with E-state index in [9.17, 15) is 28.2 Å². The van der Waals surface area contributed by atoms with Gasteiger partial charge in [-0.05, 0) is 66.6 Å². The van der Waals surface area contributed by atoms with Crippen molar-refractivity contribution < 1.29 is 37.7 Å². The van der Waals surface area contributed by atoms with Crippen molar-refractivity contribution in [2.75, 3.05) is 26.0 Å². The molecular weight excluding hydrogens is 572 g/mol. The number of ether oxygens (including phenoxy) is 2. The molecule has 0 heterocycles. The molecule has 1 aliphatic rings. The summed E-state index contributed by atoms with van der Waals surface area (Å²) < 4.78 is 37.5. The first-order chi connectivity index (χ1) is 20.6. The molecule has 0 saturated heterocycles. The van der Waals surface area contributed by atoms with E-state index in [1.165, 1.54) is 0 Å². The molecule has 1 atom stereocenters. The standard InChI is InChI=1S/C32H38N2O8S/c1-43(39,40)33-31(36)28-18-15-25(21-30(28)42-27-11-7-2-3-8-12-27)23-13-16-26(17-14-23)41-20-19-34(32(37)38)22-29(35)24-9-5-4-6-10-24/h4-6,9-10,13-18,21,27,29,35H,2-3,7-8,11-12,19-20,22H2,1H3,(H,33,36)(H,37,38)/t29-/m1/s1. The second-order valence-electron chi connectivity index (χ2n) is 10.7. The lowest BCUT2D eigenvalue weighted by atomic mass is 10.0. The number of aliphatic hydroxyl groups excluding tert-OH is 1. The van der Waals surface area contributed by atoms with E-state index in [0.717, 1.165) is 60.8 Å². The summed E-state index contributed by atoms with van der Waals surface area (Å²) in [6.07, 6.45) is 4.87. The van der Waals surface area contributed by atoms with E-state index in [-0.39, 0.29) is 31.4 Å². The zero-order chi connectivity index (χ0) is 30.8. The molecule has 3 aromatic carbocycles. The first kappa shape index (κ1) is 31.8. The Morgan fingerprint density at radius 3 is 2.23 bits per heavy atom. The van der Waals surface area contributed by atoms with Crippen molar-refractivity contribution in [1.29, 1.82) is 0 Å². The summed E-state index contributed by atoms with van der Waals surface area (Å²) in [5.74, 6) is 0.127. The maximum absolute atomic E-state index is 12.8. The summed E-state index contributed by atoms with van der Waals surface area (Å²) in [6.45, 7) is 0.0850. The van der Waals surface area contributed by atoms with Crippen molar-refractivity contribution in [2.45, 2.75) is 50.7 Å². The van der Waals surface area contributed by atoms with Gasteiger partial charge in [0, 0.05) is 0 Å². The molecule has 3 aromatic rings. The number of benzene rings is 3. The van der Waals surface area contributed by atoms with Crippen molar-refractivity contribution in [1.82, 2.24) is 9.62 Å². The number of rotatable bonds is 12. The van der Waals surface area contributed by atoms with Gasteiger partial charge in [-0.2, -0.15) is 0 Å². The maximum Gasteiger partial charge on any atom is 0.407 e. The van der Waals surface area contributed by atoms with E-state index in [2.05, 4.69) is 0 Å². The van der Waals surface area contributed by atoms with Gasteiger partial charge < -0.3 is 24.6 Å². The highest BCUT2D eigenvalue weighted by atomic mass is 32.2. The number of nitrogens with zero attached hydrogens (tertiary/aromatic N) is 1. The molecule has 0 aliphatic heterocycles. The van der Waals surface area contributed by atoms with Gasteiger partial charge >= 0.3 is 6.09 Å². The fraction of sp³-hybridized carbons (Fsp3) is 0.375. The second kappa shape index (κ2) is 14.9. The van der Waals surface area contributed by atoms with Gasteiger partial charge in [0.15, 0.2) is 0 Å². The predicted octanol–water partition coefficient (Wildman–Crippen LogP) is 5.24. The highest BCUT2D eigenvalue weighted by Crippen LogP contribution is 2.31. The maximum atomic E-state index is 12.8. The summed E-state index contributed by atoms with van der Waals surface area (Å²) in [5.41, 5.74) is 2.39. The molecule has 10 nitrogen and oxygen atoms in total. The van der Waals surface area contributed by atoms with Gasteiger partial charge in [-0.3, -0.25) is 4.79 Å². The number of carbonyl (C=O) groups is 2. The highest BCUT2D eigenvalue weighted by Gasteiger charge is 2.22. The predicted molar refractivity (Wildman–Crippen MR) is 163 cm³/mol. The largest absolute Gasteiger partial charge is 0.492 e. The molecule has 1 aliphatic carbocycles. The van der Waals surface area contributed by atoms with Gasteiger partial charge in [-0.25, -0.2) is 17.9 Å². The molecule has 3 N–H and O–H groups in total. The zero-order valence-corrected chi connectivity index (χ0v) is 25.0. The van der Waals surface area contributed by atoms with Crippen molar-refractivity contribution in [3.05, 3.63) is 83.9 Å². The van der Waals surface area contributed by atoms with Crippen LogP contribution in [0.25, 0.3) is 11.1 Å². The molecule has 0 aromatic heterocycles. The van der Waals surface area contributed by atoms with Gasteiger partial charge in [-0.1, -0.05) is 61.4 Å². The molecule has 0 spiro atoms. The Morgan fingerprint density at radius 1 is 0.953 bits per heavy atom. The van der Waals surface area contributed by atoms with Crippen molar-refractivity contribution in [3.63, 3.8) is 0 Å². The summed E-state index contributed by atoms with van der Waals surface area (Å²) >= 11 is 0. The lowest BCUT2D eigenvalue weighted by Gasteiger charge is -2.22. The minimum atomic E-state index is -3.75. The highest BCUT2D eigenvalue weighted by molar-refractivity contribution is 7.89. The van der Waals surface area contributed by atoms with Crippen LogP contribution < -0.4 is 14.2 Å². The van der Waals surface area contributed by atoms with E-state index in [4.69, 9.17) is 9.47 Å². The number of carbonyl (C=O) groups excluding carboxylic acids is 1. The summed E-state index contributed by atoms with van der Waals surface area (Å²) in [4.78, 5) is 25.6. The van der Waals surface area contributed by atoms with Crippen molar-refractivity contribution in [2.24, 2.45) is 0 Å². The number of nitrogens with one attached hydrogen (secondary N) is 1. The van der Waals surface area contributed by atoms with Gasteiger partial charge in [0.25, 0.3) is 5.91 Å². The van der Waals surface area contributed by atoms with Crippen LogP contribution in [0.5, 0.6) is 11.5 Å². The van der Waals surface area contributed by atoms with E-state index >= 15 is 0 Å². The van der Waals surface area contributed by atoms with E-state index < -0.39 is 28.1 Å². The van der Waals surface area contributed by atoms with Crippen LogP contribution in [0.4, 0.5) is 4.79 Å². The molecule has 230 valence electrons. The number of sulfonamides is 1. The number of hydrogen-bond acceptors (Lipinski definition) is 7. The summed E-state index contributed by atoms with van der Waals surface area (Å²) in [6, 6.07) is 21.1. The first-order valence-electron chi connectivity index (χ1n) is 14.4. The SMILES string of the molecule is CS(=O)(=O)NC(=O)c1ccc(-c2ccc(OCCN(C[C@@H](O)c3ccccc3)C(=O)O)cc2)cc1OC1CCCCCC1. The molecule has 1 fully saturated rings. The average Bonchev–Trinajstić information content (AvgIpc) is 3.25. The lowest BCUT2D eigenvalue weighted by molar-refractivity contribution is 0.0894. The smallest absolute Gasteiger partial charge is 0.407 e. The minimum absolute atomic E-state index is 0.0579. The Hall–Kier alpha value is -4.09. The average molecular weight is 611 g/mol. The van der Waals surface area contributed by atoms with Gasteiger partial charge in [-0.15, -0.1) is 0 Å². The van der Waals surface area contributed by atoms with Crippen molar-refractivity contribution in [3.8, 4) is 22.6 Å². The molecule has 1 saturated carbocycles. The van der Waals surface area contributed by atoms with Crippen LogP contribution in [0.1, 0.15) is 60.6 Å². The van der Waals surface area contributed by atoms with E-state index in [1.54, 1.807) is 54.6 Å². The van der Waals surface area contributed by atoms with Crippen LogP contribution in [0.3, 0.4) is 0 Å². The van der Waals surface area contributed by atoms with E-state index in [1.807, 2.05) is 22.9 Å². The lowest BCUT2D eigenvalue weighted by Crippen LogP contribution is -2.36. The quantitative estimate of drug-likeness (QED) is 0.237. The molecule has 4 rings (SSSR count). The molecule has 0 unspecified atom stereocenters. The Labute approximate surface area is 252 Å². The molecule has 43 heavy (non-hydrogen) atoms. The molecule has 2 amide bonds. The fourth-order valence-corrected chi connectivity index (χ4v) is 5.47. The number of amides is 2. The number of carboxylic acid groups (broad SMARTS) is 1. The molecule has 0 radical (unpaired) electrons. The Balaban J connectivity index is 1.43. The van der Waals surface area contributed by atoms with Crippen LogP contribution >= 0.6 is 0 Å². The normalized spacial score (nSPS) is 14.7. The molecular formula is C32H38N2O8S. The third-order valence-corrected chi connectivity index (χ3v) is 7.82. The van der Waals surface area contributed by atoms with Crippen LogP contribution in [-0.2, 0) is 10.0 Å². The molecule has 0 bridgehead atoms. The number of hydrogen-bond donors (Lipinski definition) is 3. The third-order valence-electron chi connectivity index (χ3n) is 7.27. The van der Waals surface area contributed by atoms with Crippen LogP contribution in [0, 0.1) is 0 Å². The monoisotopic (exact) mass is 610 g/mol. The van der Waals surface area contributed by atoms with Gasteiger partial charge in [0.1, 0.15) is 18.1 Å². The summed E-state index contributed by atoms with van der Waals surface area (Å²) in [7, 11) is -3.75.